The van der Waals surface area contributed by atoms with Gasteiger partial charge >= 0.3 is 5.97 Å². The second kappa shape index (κ2) is 8.08. The fraction of sp³-hybridized carbons (Fsp3) is 0.889. The van der Waals surface area contributed by atoms with Gasteiger partial charge in [-0.15, -0.1) is 0 Å². The Kier molecular flexibility index (Phi) is 7.93. The zero-order valence-corrected chi connectivity index (χ0v) is 9.51. The Hall–Kier alpha value is -0.260. The molecule has 0 aromatic heterocycles. The second-order valence-corrected chi connectivity index (χ2v) is 4.65. The molecule has 5 heteroatoms. The van der Waals surface area contributed by atoms with E-state index >= 15 is 0 Å². The van der Waals surface area contributed by atoms with E-state index in [2.05, 4.69) is 5.32 Å². The summed E-state index contributed by atoms with van der Waals surface area (Å²) in [4.78, 5) is 10.7. The molecule has 0 aliphatic carbocycles. The van der Waals surface area contributed by atoms with Crippen molar-refractivity contribution in [3.63, 3.8) is 0 Å². The number of aliphatic carboxylic acids is 1. The number of carbonyl (C=O) groups is 1. The van der Waals surface area contributed by atoms with Gasteiger partial charge in [0, 0.05) is 5.25 Å². The van der Waals surface area contributed by atoms with Crippen molar-refractivity contribution in [1.29, 1.82) is 0 Å². The molecule has 0 amide bonds. The van der Waals surface area contributed by atoms with E-state index in [9.17, 15) is 4.79 Å². The van der Waals surface area contributed by atoms with E-state index in [0.717, 1.165) is 5.75 Å². The molecule has 84 valence electrons. The van der Waals surface area contributed by atoms with Crippen LogP contribution in [0.4, 0.5) is 0 Å². The smallest absolute Gasteiger partial charge is 0.320 e. The highest BCUT2D eigenvalue weighted by Crippen LogP contribution is 2.11. The number of carboxylic acid groups (broad SMARTS) is 1. The van der Waals surface area contributed by atoms with E-state index < -0.39 is 12.0 Å². The largest absolute Gasteiger partial charge is 0.480 e. The van der Waals surface area contributed by atoms with Gasteiger partial charge in [0.2, 0.25) is 0 Å². The van der Waals surface area contributed by atoms with Crippen molar-refractivity contribution in [2.24, 2.45) is 0 Å². The van der Waals surface area contributed by atoms with Crippen LogP contribution in [-0.4, -0.2) is 46.4 Å². The van der Waals surface area contributed by atoms with Crippen LogP contribution in [0.2, 0.25) is 0 Å². The Balaban J connectivity index is 3.66. The molecule has 0 rings (SSSR count). The van der Waals surface area contributed by atoms with Crippen molar-refractivity contribution in [1.82, 2.24) is 5.32 Å². The van der Waals surface area contributed by atoms with Crippen LogP contribution in [0.3, 0.4) is 0 Å². The number of likely N-dealkylation sites (N-methyl/N-ethyl adjacent to an activating group) is 1. The third-order valence-electron chi connectivity index (χ3n) is 1.81. The number of nitrogens with one attached hydrogen (secondary N) is 1. The van der Waals surface area contributed by atoms with E-state index in [1.54, 1.807) is 11.8 Å². The van der Waals surface area contributed by atoms with Crippen LogP contribution >= 0.6 is 11.8 Å². The maximum absolute atomic E-state index is 10.7. The first-order valence-corrected chi connectivity index (χ1v) is 5.85. The molecule has 3 N–H and O–H groups in total. The van der Waals surface area contributed by atoms with Crippen LogP contribution in [0.15, 0.2) is 0 Å². The second-order valence-electron chi connectivity index (χ2n) is 3.10. The topological polar surface area (TPSA) is 69.6 Å². The first kappa shape index (κ1) is 13.7. The quantitative estimate of drug-likeness (QED) is 0.558. The van der Waals surface area contributed by atoms with Crippen LogP contribution < -0.4 is 5.32 Å². The Morgan fingerprint density at radius 2 is 2.21 bits per heavy atom. The molecule has 0 saturated carbocycles. The monoisotopic (exact) mass is 221 g/mol. The predicted molar refractivity (Wildman–Crippen MR) is 58.7 cm³/mol. The maximum Gasteiger partial charge on any atom is 0.320 e. The van der Waals surface area contributed by atoms with Crippen molar-refractivity contribution in [3.8, 4) is 0 Å². The fourth-order valence-corrected chi connectivity index (χ4v) is 1.88. The van der Waals surface area contributed by atoms with E-state index in [-0.39, 0.29) is 11.9 Å². The van der Waals surface area contributed by atoms with Crippen LogP contribution in [0.1, 0.15) is 20.3 Å². The number of thioether (sulfide) groups is 1. The Morgan fingerprint density at radius 3 is 2.64 bits per heavy atom. The summed E-state index contributed by atoms with van der Waals surface area (Å²) in [7, 11) is 0. The number of hydrogen-bond donors (Lipinski definition) is 3. The van der Waals surface area contributed by atoms with Crippen molar-refractivity contribution in [2.45, 2.75) is 31.6 Å². The zero-order chi connectivity index (χ0) is 11.0. The zero-order valence-electron chi connectivity index (χ0n) is 8.69. The third-order valence-corrected chi connectivity index (χ3v) is 3.00. The summed E-state index contributed by atoms with van der Waals surface area (Å²) in [6, 6.07) is -0.460. The predicted octanol–water partition coefficient (Wildman–Crippen LogP) is 0.553. The molecule has 0 radical (unpaired) electrons. The molecule has 0 fully saturated rings. The van der Waals surface area contributed by atoms with E-state index in [0.29, 0.717) is 13.0 Å². The van der Waals surface area contributed by atoms with E-state index in [1.165, 1.54) is 0 Å². The van der Waals surface area contributed by atoms with Crippen LogP contribution in [0, 0.1) is 0 Å². The van der Waals surface area contributed by atoms with Gasteiger partial charge in [0.05, 0.1) is 6.61 Å². The summed E-state index contributed by atoms with van der Waals surface area (Å²) >= 11 is 1.59. The summed E-state index contributed by atoms with van der Waals surface area (Å²) in [5, 5.41) is 20.7. The van der Waals surface area contributed by atoms with Gasteiger partial charge in [0.25, 0.3) is 0 Å². The molecule has 2 unspecified atom stereocenters. The summed E-state index contributed by atoms with van der Waals surface area (Å²) < 4.78 is 0. The summed E-state index contributed by atoms with van der Waals surface area (Å²) in [6.45, 7) is 4.62. The summed E-state index contributed by atoms with van der Waals surface area (Å²) in [6.07, 6.45) is 0.595. The molecule has 0 spiro atoms. The van der Waals surface area contributed by atoms with E-state index in [4.69, 9.17) is 10.2 Å². The molecule has 14 heavy (non-hydrogen) atoms. The SMILES string of the molecule is CCNC(CCSC(C)CO)C(=O)O. The molecule has 4 nitrogen and oxygen atoms in total. The average Bonchev–Trinajstić information content (AvgIpc) is 2.16. The first-order valence-electron chi connectivity index (χ1n) is 4.80. The van der Waals surface area contributed by atoms with Crippen LogP contribution in [-0.2, 0) is 4.79 Å². The van der Waals surface area contributed by atoms with Crippen molar-refractivity contribution >= 4 is 17.7 Å². The maximum atomic E-state index is 10.7. The van der Waals surface area contributed by atoms with Gasteiger partial charge in [-0.2, -0.15) is 11.8 Å². The van der Waals surface area contributed by atoms with Crippen LogP contribution in [0.5, 0.6) is 0 Å². The lowest BCUT2D eigenvalue weighted by Crippen LogP contribution is -2.37. The minimum absolute atomic E-state index is 0.142. The molecular formula is C9H19NO3S. The third kappa shape index (κ3) is 6.23. The van der Waals surface area contributed by atoms with Gasteiger partial charge in [0.15, 0.2) is 0 Å². The van der Waals surface area contributed by atoms with Gasteiger partial charge in [-0.3, -0.25) is 4.79 Å². The highest BCUT2D eigenvalue weighted by Gasteiger charge is 2.15. The Morgan fingerprint density at radius 1 is 1.57 bits per heavy atom. The van der Waals surface area contributed by atoms with Gasteiger partial charge in [-0.1, -0.05) is 13.8 Å². The van der Waals surface area contributed by atoms with Gasteiger partial charge in [0.1, 0.15) is 6.04 Å². The highest BCUT2D eigenvalue weighted by atomic mass is 32.2. The number of aliphatic hydroxyl groups excluding tert-OH is 1. The van der Waals surface area contributed by atoms with E-state index in [1.807, 2.05) is 13.8 Å². The molecule has 2 atom stereocenters. The van der Waals surface area contributed by atoms with Gasteiger partial charge in [-0.25, -0.2) is 0 Å². The van der Waals surface area contributed by atoms with Crippen molar-refractivity contribution in [3.05, 3.63) is 0 Å². The summed E-state index contributed by atoms with van der Waals surface area (Å²) in [5.74, 6) is -0.0461. The van der Waals surface area contributed by atoms with Crippen molar-refractivity contribution < 1.29 is 15.0 Å². The van der Waals surface area contributed by atoms with Gasteiger partial charge < -0.3 is 15.5 Å². The Labute approximate surface area is 89.1 Å². The molecule has 0 bridgehead atoms. The molecular weight excluding hydrogens is 202 g/mol. The molecule has 0 aliphatic heterocycles. The minimum atomic E-state index is -0.802. The van der Waals surface area contributed by atoms with Crippen LogP contribution in [0.25, 0.3) is 0 Å². The minimum Gasteiger partial charge on any atom is -0.480 e. The number of aliphatic hydroxyl groups is 1. The lowest BCUT2D eigenvalue weighted by Gasteiger charge is -2.13. The standard InChI is InChI=1S/C9H19NO3S/c1-3-10-8(9(12)13)4-5-14-7(2)6-11/h7-8,10-11H,3-6H2,1-2H3,(H,12,13). The normalized spacial score (nSPS) is 15.1. The molecule has 0 saturated heterocycles. The Bertz CT molecular complexity index is 166. The lowest BCUT2D eigenvalue weighted by atomic mass is 10.2. The fourth-order valence-electron chi connectivity index (χ4n) is 0.999. The number of hydrogen-bond acceptors (Lipinski definition) is 4. The highest BCUT2D eigenvalue weighted by molar-refractivity contribution is 7.99. The molecule has 0 heterocycles. The van der Waals surface area contributed by atoms with Gasteiger partial charge in [-0.05, 0) is 18.7 Å². The number of rotatable bonds is 8. The lowest BCUT2D eigenvalue weighted by molar-refractivity contribution is -0.139. The molecule has 0 aromatic rings. The molecule has 0 aromatic carbocycles. The molecule has 0 aliphatic rings. The first-order chi connectivity index (χ1) is 6.61. The number of carboxylic acids is 1. The average molecular weight is 221 g/mol. The summed E-state index contributed by atoms with van der Waals surface area (Å²) in [5.41, 5.74) is 0. The van der Waals surface area contributed by atoms with Crippen molar-refractivity contribution in [2.75, 3.05) is 18.9 Å².